The van der Waals surface area contributed by atoms with E-state index in [1.165, 1.54) is 13.0 Å². The summed E-state index contributed by atoms with van der Waals surface area (Å²) in [7, 11) is -3.80. The Hall–Kier alpha value is -1.93. The van der Waals surface area contributed by atoms with E-state index in [1.54, 1.807) is 28.9 Å². The van der Waals surface area contributed by atoms with Gasteiger partial charge in [0.05, 0.1) is 10.9 Å². The summed E-state index contributed by atoms with van der Waals surface area (Å²) in [6.45, 7) is 5.01. The van der Waals surface area contributed by atoms with Gasteiger partial charge in [-0.2, -0.15) is 4.72 Å². The molecular weight excluding hydrogens is 354 g/mol. The van der Waals surface area contributed by atoms with Crippen molar-refractivity contribution < 1.29 is 18.0 Å². The maximum atomic E-state index is 12.7. The summed E-state index contributed by atoms with van der Waals surface area (Å²) >= 11 is 0. The standard InChI is InChI=1S/C18H25N3O4S/c1-13(18(23)20-9-4-3-5-10-20)19-26(24,25)16-6-7-17-15(12-16)8-11-21(17)14(2)22/h6-7,12-13,19H,3-5,8-11H2,1-2H3/t13-/m0/s1. The quantitative estimate of drug-likeness (QED) is 0.854. The summed E-state index contributed by atoms with van der Waals surface area (Å²) in [6.07, 6.45) is 3.65. The van der Waals surface area contributed by atoms with Crippen LogP contribution in [0.3, 0.4) is 0 Å². The molecule has 1 aromatic carbocycles. The van der Waals surface area contributed by atoms with Crippen LogP contribution in [0.4, 0.5) is 5.69 Å². The molecule has 0 radical (unpaired) electrons. The Bertz CT molecular complexity index is 816. The molecule has 0 saturated carbocycles. The molecule has 0 unspecified atom stereocenters. The average Bonchev–Trinajstić information content (AvgIpc) is 3.05. The number of nitrogens with zero attached hydrogens (tertiary/aromatic N) is 2. The Balaban J connectivity index is 1.74. The second-order valence-electron chi connectivity index (χ2n) is 6.94. The van der Waals surface area contributed by atoms with Crippen molar-refractivity contribution in [1.29, 1.82) is 0 Å². The van der Waals surface area contributed by atoms with Crippen LogP contribution in [0.5, 0.6) is 0 Å². The van der Waals surface area contributed by atoms with Gasteiger partial charge in [0, 0.05) is 32.2 Å². The van der Waals surface area contributed by atoms with Gasteiger partial charge in [0.25, 0.3) is 0 Å². The molecule has 0 aromatic heterocycles. The lowest BCUT2D eigenvalue weighted by atomic mass is 10.1. The first-order valence-corrected chi connectivity index (χ1v) is 10.5. The Morgan fingerprint density at radius 2 is 1.81 bits per heavy atom. The maximum Gasteiger partial charge on any atom is 0.241 e. The van der Waals surface area contributed by atoms with Crippen molar-refractivity contribution in [2.24, 2.45) is 0 Å². The van der Waals surface area contributed by atoms with Crippen molar-refractivity contribution in [3.63, 3.8) is 0 Å². The van der Waals surface area contributed by atoms with Crippen LogP contribution < -0.4 is 9.62 Å². The van der Waals surface area contributed by atoms with Crippen molar-refractivity contribution >= 4 is 27.5 Å². The predicted molar refractivity (Wildman–Crippen MR) is 98.4 cm³/mol. The number of likely N-dealkylation sites (tertiary alicyclic amines) is 1. The van der Waals surface area contributed by atoms with Gasteiger partial charge in [-0.3, -0.25) is 9.59 Å². The fraction of sp³-hybridized carbons (Fsp3) is 0.556. The minimum absolute atomic E-state index is 0.0572. The zero-order chi connectivity index (χ0) is 18.9. The molecule has 3 rings (SSSR count). The smallest absolute Gasteiger partial charge is 0.241 e. The first-order chi connectivity index (χ1) is 12.3. The van der Waals surface area contributed by atoms with E-state index < -0.39 is 16.1 Å². The van der Waals surface area contributed by atoms with E-state index in [4.69, 9.17) is 0 Å². The molecule has 7 nitrogen and oxygen atoms in total. The van der Waals surface area contributed by atoms with Gasteiger partial charge in [-0.25, -0.2) is 8.42 Å². The van der Waals surface area contributed by atoms with Crippen LogP contribution in [0.2, 0.25) is 0 Å². The van der Waals surface area contributed by atoms with Gasteiger partial charge < -0.3 is 9.80 Å². The molecule has 26 heavy (non-hydrogen) atoms. The molecule has 1 N–H and O–H groups in total. The number of amides is 2. The van der Waals surface area contributed by atoms with E-state index in [1.807, 2.05) is 0 Å². The number of hydrogen-bond donors (Lipinski definition) is 1. The highest BCUT2D eigenvalue weighted by molar-refractivity contribution is 7.89. The summed E-state index contributed by atoms with van der Waals surface area (Å²) in [5, 5.41) is 0. The normalized spacial score (nSPS) is 18.5. The molecule has 1 saturated heterocycles. The van der Waals surface area contributed by atoms with Crippen molar-refractivity contribution in [3.8, 4) is 0 Å². The molecular formula is C18H25N3O4S. The number of carbonyl (C=O) groups excluding carboxylic acids is 2. The van der Waals surface area contributed by atoms with Crippen molar-refractivity contribution in [3.05, 3.63) is 23.8 Å². The van der Waals surface area contributed by atoms with Gasteiger partial charge in [-0.1, -0.05) is 0 Å². The van der Waals surface area contributed by atoms with E-state index in [2.05, 4.69) is 4.72 Å². The number of benzene rings is 1. The zero-order valence-corrected chi connectivity index (χ0v) is 16.0. The van der Waals surface area contributed by atoms with Crippen LogP contribution in [0.25, 0.3) is 0 Å². The summed E-state index contributed by atoms with van der Waals surface area (Å²) in [4.78, 5) is 27.6. The number of fused-ring (bicyclic) bond motifs is 1. The summed E-state index contributed by atoms with van der Waals surface area (Å²) in [6, 6.07) is 3.94. The molecule has 2 amide bonds. The monoisotopic (exact) mass is 379 g/mol. The number of nitrogens with one attached hydrogen (secondary N) is 1. The van der Waals surface area contributed by atoms with Gasteiger partial charge in [-0.05, 0) is 56.4 Å². The fourth-order valence-electron chi connectivity index (χ4n) is 3.61. The van der Waals surface area contributed by atoms with Crippen LogP contribution in [-0.2, 0) is 26.0 Å². The van der Waals surface area contributed by atoms with Crippen LogP contribution in [0.1, 0.15) is 38.7 Å². The SMILES string of the molecule is CC(=O)N1CCc2cc(S(=O)(=O)N[C@@H](C)C(=O)N3CCCCC3)ccc21. The second-order valence-corrected chi connectivity index (χ2v) is 8.65. The third kappa shape index (κ3) is 3.76. The third-order valence-corrected chi connectivity index (χ3v) is 6.55. The number of anilines is 1. The minimum atomic E-state index is -3.80. The van der Waals surface area contributed by atoms with Gasteiger partial charge in [0.1, 0.15) is 0 Å². The topological polar surface area (TPSA) is 86.8 Å². The molecule has 8 heteroatoms. The fourth-order valence-corrected chi connectivity index (χ4v) is 4.86. The molecule has 0 spiro atoms. The maximum absolute atomic E-state index is 12.7. The minimum Gasteiger partial charge on any atom is -0.341 e. The second kappa shape index (κ2) is 7.36. The molecule has 1 aromatic rings. The number of piperidine rings is 1. The average molecular weight is 379 g/mol. The third-order valence-electron chi connectivity index (χ3n) is 5.01. The largest absolute Gasteiger partial charge is 0.341 e. The first-order valence-electron chi connectivity index (χ1n) is 9.02. The van der Waals surface area contributed by atoms with Gasteiger partial charge >= 0.3 is 0 Å². The number of sulfonamides is 1. The van der Waals surface area contributed by atoms with Crippen LogP contribution in [0, 0.1) is 0 Å². The highest BCUT2D eigenvalue weighted by atomic mass is 32.2. The Morgan fingerprint density at radius 1 is 1.12 bits per heavy atom. The lowest BCUT2D eigenvalue weighted by molar-refractivity contribution is -0.133. The van der Waals surface area contributed by atoms with E-state index in [0.29, 0.717) is 26.1 Å². The van der Waals surface area contributed by atoms with E-state index >= 15 is 0 Å². The molecule has 0 aliphatic carbocycles. The summed E-state index contributed by atoms with van der Waals surface area (Å²) in [5.41, 5.74) is 1.59. The van der Waals surface area contributed by atoms with E-state index in [0.717, 1.165) is 30.5 Å². The number of carbonyl (C=O) groups is 2. The Kier molecular flexibility index (Phi) is 5.34. The van der Waals surface area contributed by atoms with Gasteiger partial charge in [0.2, 0.25) is 21.8 Å². The molecule has 2 aliphatic rings. The molecule has 1 fully saturated rings. The molecule has 2 aliphatic heterocycles. The van der Waals surface area contributed by atoms with Crippen molar-refractivity contribution in [2.45, 2.75) is 50.5 Å². The number of rotatable bonds is 4. The van der Waals surface area contributed by atoms with Crippen LogP contribution in [-0.4, -0.2) is 50.8 Å². The summed E-state index contributed by atoms with van der Waals surface area (Å²) in [5.74, 6) is -0.240. The highest BCUT2D eigenvalue weighted by Gasteiger charge is 2.28. The molecule has 0 bridgehead atoms. The molecule has 142 valence electrons. The van der Waals surface area contributed by atoms with E-state index in [9.17, 15) is 18.0 Å². The highest BCUT2D eigenvalue weighted by Crippen LogP contribution is 2.30. The van der Waals surface area contributed by atoms with Crippen LogP contribution in [0.15, 0.2) is 23.1 Å². The van der Waals surface area contributed by atoms with E-state index in [-0.39, 0.29) is 16.7 Å². The molecule has 2 heterocycles. The lowest BCUT2D eigenvalue weighted by Gasteiger charge is -2.29. The number of hydrogen-bond acceptors (Lipinski definition) is 4. The van der Waals surface area contributed by atoms with Crippen molar-refractivity contribution in [2.75, 3.05) is 24.5 Å². The van der Waals surface area contributed by atoms with Crippen molar-refractivity contribution in [1.82, 2.24) is 9.62 Å². The zero-order valence-electron chi connectivity index (χ0n) is 15.2. The predicted octanol–water partition coefficient (Wildman–Crippen LogP) is 1.27. The summed E-state index contributed by atoms with van der Waals surface area (Å²) < 4.78 is 27.9. The van der Waals surface area contributed by atoms with Crippen LogP contribution >= 0.6 is 0 Å². The Morgan fingerprint density at radius 3 is 2.46 bits per heavy atom. The van der Waals surface area contributed by atoms with Gasteiger partial charge in [0.15, 0.2) is 0 Å². The molecule has 1 atom stereocenters. The first kappa shape index (κ1) is 18.8. The Labute approximate surface area is 154 Å². The lowest BCUT2D eigenvalue weighted by Crippen LogP contribution is -2.48. The van der Waals surface area contributed by atoms with Gasteiger partial charge in [-0.15, -0.1) is 0 Å².